The second-order valence-electron chi connectivity index (χ2n) is 4.22. The monoisotopic (exact) mass is 225 g/mol. The van der Waals surface area contributed by atoms with Crippen molar-refractivity contribution in [2.45, 2.75) is 32.9 Å². The molecule has 90 valence electrons. The molecule has 0 aliphatic heterocycles. The molecular formula is C11H19N3O2. The largest absolute Gasteiger partial charge is 0.391 e. The molecule has 5 heteroatoms. The number of nitrogens with zero attached hydrogens (tertiary/aromatic N) is 2. The van der Waals surface area contributed by atoms with Crippen molar-refractivity contribution in [2.75, 3.05) is 6.54 Å². The van der Waals surface area contributed by atoms with E-state index in [0.29, 0.717) is 0 Å². The van der Waals surface area contributed by atoms with Crippen molar-refractivity contribution in [2.24, 2.45) is 5.92 Å². The van der Waals surface area contributed by atoms with Gasteiger partial charge < -0.3 is 10.4 Å². The zero-order valence-corrected chi connectivity index (χ0v) is 9.92. The van der Waals surface area contributed by atoms with E-state index < -0.39 is 6.10 Å². The van der Waals surface area contributed by atoms with Gasteiger partial charge in [0, 0.05) is 18.9 Å². The Morgan fingerprint density at radius 2 is 2.19 bits per heavy atom. The Morgan fingerprint density at radius 1 is 1.50 bits per heavy atom. The van der Waals surface area contributed by atoms with Crippen LogP contribution in [-0.4, -0.2) is 33.4 Å². The number of rotatable bonds is 5. The summed E-state index contributed by atoms with van der Waals surface area (Å²) in [5.74, 6) is 0.00343. The van der Waals surface area contributed by atoms with Gasteiger partial charge in [0.25, 0.3) is 0 Å². The first-order chi connectivity index (χ1) is 7.52. The van der Waals surface area contributed by atoms with Gasteiger partial charge in [-0.25, -0.2) is 0 Å². The maximum atomic E-state index is 11.7. The van der Waals surface area contributed by atoms with Crippen LogP contribution in [0.1, 0.15) is 26.8 Å². The molecule has 0 bridgehead atoms. The number of hydrogen-bond acceptors (Lipinski definition) is 3. The molecule has 0 aliphatic carbocycles. The fourth-order valence-electron chi connectivity index (χ4n) is 1.22. The second kappa shape index (κ2) is 5.65. The van der Waals surface area contributed by atoms with E-state index in [1.807, 2.05) is 13.8 Å². The molecule has 1 aromatic heterocycles. The molecule has 16 heavy (non-hydrogen) atoms. The molecule has 0 aromatic carbocycles. The van der Waals surface area contributed by atoms with E-state index >= 15 is 0 Å². The van der Waals surface area contributed by atoms with Gasteiger partial charge in [-0.2, -0.15) is 5.10 Å². The molecule has 1 amide bonds. The standard InChI is InChI=1S/C11H19N3O2/c1-8(2)10(15)7-12-11(16)9(3)14-6-4-5-13-14/h4-6,8-10,15H,7H2,1-3H3,(H,12,16). The van der Waals surface area contributed by atoms with Gasteiger partial charge in [-0.05, 0) is 18.9 Å². The van der Waals surface area contributed by atoms with Crippen molar-refractivity contribution in [1.82, 2.24) is 15.1 Å². The minimum absolute atomic E-state index is 0.136. The predicted molar refractivity (Wildman–Crippen MR) is 60.8 cm³/mol. The molecule has 2 unspecified atom stereocenters. The van der Waals surface area contributed by atoms with Crippen LogP contribution in [-0.2, 0) is 4.79 Å². The first kappa shape index (κ1) is 12.7. The lowest BCUT2D eigenvalue weighted by molar-refractivity contribution is -0.124. The lowest BCUT2D eigenvalue weighted by Gasteiger charge is -2.17. The van der Waals surface area contributed by atoms with Gasteiger partial charge in [-0.3, -0.25) is 9.48 Å². The third kappa shape index (κ3) is 3.34. The van der Waals surface area contributed by atoms with Crippen LogP contribution in [0.5, 0.6) is 0 Å². The van der Waals surface area contributed by atoms with Crippen molar-refractivity contribution in [3.8, 4) is 0 Å². The van der Waals surface area contributed by atoms with Crippen LogP contribution in [0, 0.1) is 5.92 Å². The molecule has 0 spiro atoms. The SMILES string of the molecule is CC(C)C(O)CNC(=O)C(C)n1cccn1. The van der Waals surface area contributed by atoms with E-state index in [0.717, 1.165) is 0 Å². The molecular weight excluding hydrogens is 206 g/mol. The Kier molecular flexibility index (Phi) is 4.49. The summed E-state index contributed by atoms with van der Waals surface area (Å²) in [6, 6.07) is 1.42. The van der Waals surface area contributed by atoms with Crippen molar-refractivity contribution in [3.05, 3.63) is 18.5 Å². The zero-order chi connectivity index (χ0) is 12.1. The third-order valence-electron chi connectivity index (χ3n) is 2.56. The van der Waals surface area contributed by atoms with Gasteiger partial charge in [0.05, 0.1) is 6.10 Å². The van der Waals surface area contributed by atoms with Gasteiger partial charge in [0.1, 0.15) is 6.04 Å². The van der Waals surface area contributed by atoms with E-state index in [1.165, 1.54) is 0 Å². The summed E-state index contributed by atoms with van der Waals surface area (Å²) in [4.78, 5) is 11.7. The average Bonchev–Trinajstić information content (AvgIpc) is 2.77. The van der Waals surface area contributed by atoms with Crippen LogP contribution < -0.4 is 5.32 Å². The summed E-state index contributed by atoms with van der Waals surface area (Å²) in [5, 5.41) is 16.2. The number of nitrogens with one attached hydrogen (secondary N) is 1. The minimum atomic E-state index is -0.506. The van der Waals surface area contributed by atoms with Crippen LogP contribution >= 0.6 is 0 Å². The number of carbonyl (C=O) groups is 1. The average molecular weight is 225 g/mol. The number of aromatic nitrogens is 2. The molecule has 0 saturated carbocycles. The zero-order valence-electron chi connectivity index (χ0n) is 9.92. The van der Waals surface area contributed by atoms with Crippen LogP contribution in [0.25, 0.3) is 0 Å². The number of aliphatic hydroxyl groups is 1. The van der Waals surface area contributed by atoms with E-state index in [-0.39, 0.29) is 24.4 Å². The summed E-state index contributed by atoms with van der Waals surface area (Å²) in [5.41, 5.74) is 0. The van der Waals surface area contributed by atoms with E-state index in [9.17, 15) is 9.90 Å². The molecule has 0 fully saturated rings. The normalized spacial score (nSPS) is 14.8. The molecule has 0 aliphatic rings. The fourth-order valence-corrected chi connectivity index (χ4v) is 1.22. The Bertz CT molecular complexity index is 322. The van der Waals surface area contributed by atoms with Crippen LogP contribution in [0.4, 0.5) is 0 Å². The van der Waals surface area contributed by atoms with Crippen LogP contribution in [0.3, 0.4) is 0 Å². The van der Waals surface area contributed by atoms with Crippen molar-refractivity contribution in [1.29, 1.82) is 0 Å². The first-order valence-corrected chi connectivity index (χ1v) is 5.47. The highest BCUT2D eigenvalue weighted by atomic mass is 16.3. The summed E-state index contributed by atoms with van der Waals surface area (Å²) in [6.45, 7) is 5.87. The summed E-state index contributed by atoms with van der Waals surface area (Å²) < 4.78 is 1.58. The Hall–Kier alpha value is -1.36. The lowest BCUT2D eigenvalue weighted by Crippen LogP contribution is -2.38. The molecule has 2 N–H and O–H groups in total. The molecule has 1 rings (SSSR count). The molecule has 1 heterocycles. The number of aliphatic hydroxyl groups excluding tert-OH is 1. The number of amides is 1. The maximum Gasteiger partial charge on any atom is 0.244 e. The van der Waals surface area contributed by atoms with Crippen LogP contribution in [0.15, 0.2) is 18.5 Å². The van der Waals surface area contributed by atoms with Crippen molar-refractivity contribution in [3.63, 3.8) is 0 Å². The first-order valence-electron chi connectivity index (χ1n) is 5.47. The molecule has 1 aromatic rings. The number of hydrogen-bond donors (Lipinski definition) is 2. The smallest absolute Gasteiger partial charge is 0.244 e. The highest BCUT2D eigenvalue weighted by Gasteiger charge is 2.16. The van der Waals surface area contributed by atoms with Gasteiger partial charge in [0.2, 0.25) is 5.91 Å². The number of carbonyl (C=O) groups excluding carboxylic acids is 1. The van der Waals surface area contributed by atoms with E-state index in [1.54, 1.807) is 30.1 Å². The second-order valence-corrected chi connectivity index (χ2v) is 4.22. The Morgan fingerprint density at radius 3 is 2.69 bits per heavy atom. The van der Waals surface area contributed by atoms with Crippen molar-refractivity contribution < 1.29 is 9.90 Å². The fraction of sp³-hybridized carbons (Fsp3) is 0.636. The predicted octanol–water partition coefficient (Wildman–Crippen LogP) is 0.577. The van der Waals surface area contributed by atoms with E-state index in [2.05, 4.69) is 10.4 Å². The highest BCUT2D eigenvalue weighted by Crippen LogP contribution is 2.04. The molecule has 2 atom stereocenters. The van der Waals surface area contributed by atoms with Gasteiger partial charge in [0.15, 0.2) is 0 Å². The van der Waals surface area contributed by atoms with Gasteiger partial charge in [-0.1, -0.05) is 13.8 Å². The van der Waals surface area contributed by atoms with E-state index in [4.69, 9.17) is 0 Å². The minimum Gasteiger partial charge on any atom is -0.391 e. The quantitative estimate of drug-likeness (QED) is 0.770. The summed E-state index contributed by atoms with van der Waals surface area (Å²) in [7, 11) is 0. The van der Waals surface area contributed by atoms with Crippen LogP contribution in [0.2, 0.25) is 0 Å². The lowest BCUT2D eigenvalue weighted by atomic mass is 10.1. The molecule has 5 nitrogen and oxygen atoms in total. The topological polar surface area (TPSA) is 67.2 Å². The Balaban J connectivity index is 2.41. The maximum absolute atomic E-state index is 11.7. The summed E-state index contributed by atoms with van der Waals surface area (Å²) in [6.07, 6.45) is 2.87. The third-order valence-corrected chi connectivity index (χ3v) is 2.56. The molecule has 0 saturated heterocycles. The Labute approximate surface area is 95.5 Å². The molecule has 0 radical (unpaired) electrons. The highest BCUT2D eigenvalue weighted by molar-refractivity contribution is 5.79. The van der Waals surface area contributed by atoms with Gasteiger partial charge >= 0.3 is 0 Å². The van der Waals surface area contributed by atoms with Crippen molar-refractivity contribution >= 4 is 5.91 Å². The van der Waals surface area contributed by atoms with Gasteiger partial charge in [-0.15, -0.1) is 0 Å². The summed E-state index contributed by atoms with van der Waals surface area (Å²) >= 11 is 0.